The van der Waals surface area contributed by atoms with Gasteiger partial charge in [0, 0.05) is 11.4 Å². The molecule has 0 bridgehead atoms. The van der Waals surface area contributed by atoms with E-state index in [0.717, 1.165) is 11.1 Å². The van der Waals surface area contributed by atoms with Crippen LogP contribution in [0.25, 0.3) is 0 Å². The Balaban J connectivity index is 1.73. The minimum atomic E-state index is -0.573. The van der Waals surface area contributed by atoms with Crippen molar-refractivity contribution >= 4 is 29.2 Å². The zero-order chi connectivity index (χ0) is 20.4. The van der Waals surface area contributed by atoms with Crippen molar-refractivity contribution in [2.24, 2.45) is 0 Å². The summed E-state index contributed by atoms with van der Waals surface area (Å²) in [7, 11) is 0. The molecule has 146 valence electrons. The highest BCUT2D eigenvalue weighted by atomic mass is 35.5. The molecule has 0 aromatic heterocycles. The molecule has 0 spiro atoms. The predicted molar refractivity (Wildman–Crippen MR) is 115 cm³/mol. The van der Waals surface area contributed by atoms with Gasteiger partial charge < -0.3 is 4.90 Å². The molecule has 1 aliphatic rings. The van der Waals surface area contributed by atoms with Crippen LogP contribution < -0.4 is 4.90 Å². The molecule has 2 atom stereocenters. The highest BCUT2D eigenvalue weighted by Crippen LogP contribution is 2.34. The zero-order valence-electron chi connectivity index (χ0n) is 16.0. The molecule has 3 aromatic carbocycles. The van der Waals surface area contributed by atoms with Gasteiger partial charge in [0.2, 0.25) is 0 Å². The van der Waals surface area contributed by atoms with E-state index < -0.39 is 6.04 Å². The standard InChI is InChI=1S/C24H21ClN2O2/c1-17(19-12-14-20(25)15-13-19)26-22(16-18-8-4-2-5-9-18)23(28)27(24(26)29)21-10-6-3-7-11-21/h2-15,17,22H,16H2,1H3. The fraction of sp³-hybridized carbons (Fsp3) is 0.167. The quantitative estimate of drug-likeness (QED) is 0.528. The Bertz CT molecular complexity index is 1010. The summed E-state index contributed by atoms with van der Waals surface area (Å²) in [5.74, 6) is -0.203. The normalized spacial score (nSPS) is 17.7. The summed E-state index contributed by atoms with van der Waals surface area (Å²) < 4.78 is 0. The van der Waals surface area contributed by atoms with Gasteiger partial charge in [-0.15, -0.1) is 0 Å². The summed E-state index contributed by atoms with van der Waals surface area (Å²) in [4.78, 5) is 29.7. The highest BCUT2D eigenvalue weighted by Gasteiger charge is 2.47. The average molecular weight is 405 g/mol. The van der Waals surface area contributed by atoms with E-state index in [4.69, 9.17) is 11.6 Å². The van der Waals surface area contributed by atoms with Gasteiger partial charge in [-0.05, 0) is 42.3 Å². The van der Waals surface area contributed by atoms with Crippen molar-refractivity contribution in [2.45, 2.75) is 25.4 Å². The van der Waals surface area contributed by atoms with Gasteiger partial charge in [0.25, 0.3) is 5.91 Å². The van der Waals surface area contributed by atoms with Crippen molar-refractivity contribution in [3.05, 3.63) is 101 Å². The average Bonchev–Trinajstić information content (AvgIpc) is 2.99. The lowest BCUT2D eigenvalue weighted by atomic mass is 10.0. The van der Waals surface area contributed by atoms with Crippen molar-refractivity contribution in [3.63, 3.8) is 0 Å². The van der Waals surface area contributed by atoms with Crippen LogP contribution in [-0.4, -0.2) is 22.9 Å². The molecule has 3 amide bonds. The summed E-state index contributed by atoms with van der Waals surface area (Å²) >= 11 is 6.02. The lowest BCUT2D eigenvalue weighted by molar-refractivity contribution is -0.120. The Morgan fingerprint density at radius 1 is 0.862 bits per heavy atom. The van der Waals surface area contributed by atoms with Crippen LogP contribution in [0.4, 0.5) is 10.5 Å². The molecule has 1 aliphatic heterocycles. The molecule has 0 aliphatic carbocycles. The number of halogens is 1. The molecule has 0 N–H and O–H groups in total. The van der Waals surface area contributed by atoms with Gasteiger partial charge >= 0.3 is 6.03 Å². The molecular weight excluding hydrogens is 384 g/mol. The third-order valence-electron chi connectivity index (χ3n) is 5.31. The monoisotopic (exact) mass is 404 g/mol. The first kappa shape index (κ1) is 19.2. The van der Waals surface area contributed by atoms with Gasteiger partial charge in [-0.25, -0.2) is 9.69 Å². The minimum absolute atomic E-state index is 0.203. The number of urea groups is 1. The van der Waals surface area contributed by atoms with Crippen LogP contribution in [-0.2, 0) is 11.2 Å². The summed E-state index contributed by atoms with van der Waals surface area (Å²) in [6.07, 6.45) is 0.465. The van der Waals surface area contributed by atoms with Crippen LogP contribution in [0.2, 0.25) is 5.02 Å². The third kappa shape index (κ3) is 3.76. The number of imide groups is 1. The van der Waals surface area contributed by atoms with Gasteiger partial charge in [-0.1, -0.05) is 72.3 Å². The van der Waals surface area contributed by atoms with Gasteiger partial charge in [-0.3, -0.25) is 4.79 Å². The van der Waals surface area contributed by atoms with E-state index >= 15 is 0 Å². The van der Waals surface area contributed by atoms with Gasteiger partial charge in [0.05, 0.1) is 11.7 Å². The Morgan fingerprint density at radius 2 is 1.45 bits per heavy atom. The Labute approximate surface area is 175 Å². The number of hydrogen-bond donors (Lipinski definition) is 0. The van der Waals surface area contributed by atoms with Crippen LogP contribution in [0.5, 0.6) is 0 Å². The first-order chi connectivity index (χ1) is 14.1. The van der Waals surface area contributed by atoms with E-state index in [1.165, 1.54) is 4.90 Å². The summed E-state index contributed by atoms with van der Waals surface area (Å²) in [6, 6.07) is 25.1. The van der Waals surface area contributed by atoms with E-state index in [1.54, 1.807) is 29.2 Å². The molecule has 1 heterocycles. The molecule has 0 radical (unpaired) electrons. The number of carbonyl (C=O) groups excluding carboxylic acids is 2. The molecule has 29 heavy (non-hydrogen) atoms. The molecule has 0 saturated carbocycles. The van der Waals surface area contributed by atoms with Crippen LogP contribution in [0.1, 0.15) is 24.1 Å². The van der Waals surface area contributed by atoms with Crippen LogP contribution in [0, 0.1) is 0 Å². The highest BCUT2D eigenvalue weighted by molar-refractivity contribution is 6.30. The molecule has 2 unspecified atom stereocenters. The smallest absolute Gasteiger partial charge is 0.305 e. The van der Waals surface area contributed by atoms with Crippen LogP contribution in [0.3, 0.4) is 0 Å². The number of rotatable bonds is 5. The Morgan fingerprint density at radius 3 is 2.07 bits per heavy atom. The molecule has 4 rings (SSSR count). The number of carbonyl (C=O) groups is 2. The van der Waals surface area contributed by atoms with E-state index in [9.17, 15) is 9.59 Å². The predicted octanol–water partition coefficient (Wildman–Crippen LogP) is 5.48. The minimum Gasteiger partial charge on any atom is -0.305 e. The van der Waals surface area contributed by atoms with E-state index in [1.807, 2.05) is 67.6 Å². The van der Waals surface area contributed by atoms with Gasteiger partial charge in [0.15, 0.2) is 0 Å². The largest absolute Gasteiger partial charge is 0.332 e. The van der Waals surface area contributed by atoms with Crippen molar-refractivity contribution in [2.75, 3.05) is 4.90 Å². The Hall–Kier alpha value is -3.11. The van der Waals surface area contributed by atoms with E-state index in [-0.39, 0.29) is 18.0 Å². The maximum atomic E-state index is 13.4. The molecule has 4 nitrogen and oxygen atoms in total. The topological polar surface area (TPSA) is 40.6 Å². The van der Waals surface area contributed by atoms with Gasteiger partial charge in [0.1, 0.15) is 6.04 Å². The van der Waals surface area contributed by atoms with E-state index in [0.29, 0.717) is 17.1 Å². The van der Waals surface area contributed by atoms with Crippen LogP contribution in [0.15, 0.2) is 84.9 Å². The van der Waals surface area contributed by atoms with Crippen molar-refractivity contribution < 1.29 is 9.59 Å². The summed E-state index contributed by atoms with van der Waals surface area (Å²) in [5.41, 5.74) is 2.54. The number of nitrogens with zero attached hydrogens (tertiary/aromatic N) is 2. The maximum absolute atomic E-state index is 13.4. The van der Waals surface area contributed by atoms with E-state index in [2.05, 4.69) is 0 Å². The molecule has 3 aromatic rings. The Kier molecular flexibility index (Phi) is 5.36. The van der Waals surface area contributed by atoms with Crippen molar-refractivity contribution in [3.8, 4) is 0 Å². The summed E-state index contributed by atoms with van der Waals surface area (Å²) in [6.45, 7) is 1.95. The second-order valence-electron chi connectivity index (χ2n) is 7.13. The first-order valence-electron chi connectivity index (χ1n) is 9.57. The zero-order valence-corrected chi connectivity index (χ0v) is 16.8. The number of para-hydroxylation sites is 1. The van der Waals surface area contributed by atoms with Crippen LogP contribution >= 0.6 is 11.6 Å². The van der Waals surface area contributed by atoms with Crippen molar-refractivity contribution in [1.29, 1.82) is 0 Å². The number of anilines is 1. The van der Waals surface area contributed by atoms with Gasteiger partial charge in [-0.2, -0.15) is 0 Å². The third-order valence-corrected chi connectivity index (χ3v) is 5.56. The first-order valence-corrected chi connectivity index (χ1v) is 9.95. The fourth-order valence-electron chi connectivity index (χ4n) is 3.79. The molecule has 1 saturated heterocycles. The second-order valence-corrected chi connectivity index (χ2v) is 7.57. The number of benzene rings is 3. The fourth-order valence-corrected chi connectivity index (χ4v) is 3.91. The maximum Gasteiger partial charge on any atom is 0.332 e. The molecule has 5 heteroatoms. The second kappa shape index (κ2) is 8.10. The number of amides is 3. The lowest BCUT2D eigenvalue weighted by Gasteiger charge is -2.29. The SMILES string of the molecule is CC(c1ccc(Cl)cc1)N1C(=O)N(c2ccccc2)C(=O)C1Cc1ccccc1. The summed E-state index contributed by atoms with van der Waals surface area (Å²) in [5, 5.41) is 0.636. The van der Waals surface area contributed by atoms with Crippen molar-refractivity contribution in [1.82, 2.24) is 4.90 Å². The lowest BCUT2D eigenvalue weighted by Crippen LogP contribution is -2.38. The number of hydrogen-bond acceptors (Lipinski definition) is 2. The molecular formula is C24H21ClN2O2. The molecule has 1 fully saturated rings.